The molecule has 90 valence electrons. The molecule has 0 aliphatic rings. The number of nitrogens with zero attached hydrogens (tertiary/aromatic N) is 2. The molecule has 0 unspecified atom stereocenters. The quantitative estimate of drug-likeness (QED) is 0.816. The number of benzene rings is 1. The molecule has 0 amide bonds. The first-order valence-corrected chi connectivity index (χ1v) is 5.49. The molecule has 0 fully saturated rings. The smallest absolute Gasteiger partial charge is 0.223 e. The molecular formula is C13H16N2O2. The second-order valence-electron chi connectivity index (χ2n) is 4.43. The van der Waals surface area contributed by atoms with Gasteiger partial charge in [0.2, 0.25) is 11.7 Å². The average molecular weight is 232 g/mol. The molecule has 4 nitrogen and oxygen atoms in total. The lowest BCUT2D eigenvalue weighted by Gasteiger charge is -2.23. The Bertz CT molecular complexity index is 500. The molecule has 0 atom stereocenters. The fourth-order valence-electron chi connectivity index (χ4n) is 1.56. The van der Waals surface area contributed by atoms with Crippen LogP contribution >= 0.6 is 0 Å². The van der Waals surface area contributed by atoms with Gasteiger partial charge < -0.3 is 9.26 Å². The van der Waals surface area contributed by atoms with Crippen molar-refractivity contribution in [2.24, 2.45) is 0 Å². The lowest BCUT2D eigenvalue weighted by atomic mass is 9.97. The van der Waals surface area contributed by atoms with Crippen LogP contribution in [0.15, 0.2) is 28.8 Å². The van der Waals surface area contributed by atoms with Crippen molar-refractivity contribution >= 4 is 0 Å². The van der Waals surface area contributed by atoms with E-state index in [9.17, 15) is 0 Å². The van der Waals surface area contributed by atoms with Crippen LogP contribution in [0.1, 0.15) is 25.3 Å². The van der Waals surface area contributed by atoms with Crippen molar-refractivity contribution in [2.45, 2.75) is 26.4 Å². The predicted molar refractivity (Wildman–Crippen MR) is 64.5 cm³/mol. The molecule has 1 heterocycles. The van der Waals surface area contributed by atoms with Crippen LogP contribution in [0.3, 0.4) is 0 Å². The third kappa shape index (κ3) is 2.36. The molecule has 0 spiro atoms. The number of ether oxygens (including phenoxy) is 1. The predicted octanol–water partition coefficient (Wildman–Crippen LogP) is 2.93. The summed E-state index contributed by atoms with van der Waals surface area (Å²) in [4.78, 5) is 4.18. The number of aryl methyl sites for hydroxylation is 1. The third-order valence-corrected chi connectivity index (χ3v) is 2.88. The Morgan fingerprint density at radius 1 is 1.18 bits per heavy atom. The first-order chi connectivity index (χ1) is 8.03. The molecule has 0 saturated heterocycles. The van der Waals surface area contributed by atoms with E-state index in [-0.39, 0.29) is 5.60 Å². The fourth-order valence-corrected chi connectivity index (χ4v) is 1.56. The molecule has 0 radical (unpaired) electrons. The molecule has 0 bridgehead atoms. The Kier molecular flexibility index (Phi) is 2.98. The summed E-state index contributed by atoms with van der Waals surface area (Å²) in [5, 5.41) is 3.88. The number of hydrogen-bond donors (Lipinski definition) is 0. The third-order valence-electron chi connectivity index (χ3n) is 2.88. The van der Waals surface area contributed by atoms with Crippen LogP contribution in [0.2, 0.25) is 0 Å². The van der Waals surface area contributed by atoms with Gasteiger partial charge in [-0.3, -0.25) is 0 Å². The molecule has 0 saturated carbocycles. The van der Waals surface area contributed by atoms with Crippen molar-refractivity contribution < 1.29 is 9.26 Å². The average Bonchev–Trinajstić information content (AvgIpc) is 2.76. The topological polar surface area (TPSA) is 48.2 Å². The zero-order valence-corrected chi connectivity index (χ0v) is 10.5. The second-order valence-corrected chi connectivity index (χ2v) is 4.43. The van der Waals surface area contributed by atoms with Gasteiger partial charge in [-0.1, -0.05) is 29.4 Å². The summed E-state index contributed by atoms with van der Waals surface area (Å²) in [6.45, 7) is 5.83. The number of rotatable bonds is 3. The Hall–Kier alpha value is -1.68. The van der Waals surface area contributed by atoms with Crippen LogP contribution in [-0.4, -0.2) is 17.3 Å². The molecule has 17 heavy (non-hydrogen) atoms. The summed E-state index contributed by atoms with van der Waals surface area (Å²) in [6.07, 6.45) is 0. The van der Waals surface area contributed by atoms with Gasteiger partial charge in [0.25, 0.3) is 0 Å². The van der Waals surface area contributed by atoms with Crippen LogP contribution < -0.4 is 0 Å². The van der Waals surface area contributed by atoms with E-state index in [0.717, 1.165) is 11.1 Å². The highest BCUT2D eigenvalue weighted by molar-refractivity contribution is 5.54. The SMILES string of the molecule is COC(C)(C)c1ccc(-c2noc(C)n2)cc1. The highest BCUT2D eigenvalue weighted by Gasteiger charge is 2.19. The van der Waals surface area contributed by atoms with Crippen LogP contribution in [0, 0.1) is 6.92 Å². The number of methoxy groups -OCH3 is 1. The van der Waals surface area contributed by atoms with Crippen LogP contribution in [0.4, 0.5) is 0 Å². The molecule has 2 rings (SSSR count). The van der Waals surface area contributed by atoms with Gasteiger partial charge in [0, 0.05) is 19.6 Å². The van der Waals surface area contributed by atoms with Gasteiger partial charge in [-0.15, -0.1) is 0 Å². The monoisotopic (exact) mass is 232 g/mol. The minimum Gasteiger partial charge on any atom is -0.374 e. The van der Waals surface area contributed by atoms with Crippen molar-refractivity contribution in [3.63, 3.8) is 0 Å². The van der Waals surface area contributed by atoms with Gasteiger partial charge in [-0.05, 0) is 19.4 Å². The van der Waals surface area contributed by atoms with Gasteiger partial charge in [0.1, 0.15) is 0 Å². The second kappa shape index (κ2) is 4.30. The standard InChI is InChI=1S/C13H16N2O2/c1-9-14-12(15-17-9)10-5-7-11(8-6-10)13(2,3)16-4/h5-8H,1-4H3. The fraction of sp³-hybridized carbons (Fsp3) is 0.385. The van der Waals surface area contributed by atoms with E-state index in [1.807, 2.05) is 38.1 Å². The van der Waals surface area contributed by atoms with Gasteiger partial charge >= 0.3 is 0 Å². The number of aromatic nitrogens is 2. The maximum Gasteiger partial charge on any atom is 0.223 e. The molecular weight excluding hydrogens is 216 g/mol. The zero-order chi connectivity index (χ0) is 12.5. The summed E-state index contributed by atoms with van der Waals surface area (Å²) in [7, 11) is 1.70. The zero-order valence-electron chi connectivity index (χ0n) is 10.5. The summed E-state index contributed by atoms with van der Waals surface area (Å²) < 4.78 is 10.4. The summed E-state index contributed by atoms with van der Waals surface area (Å²) >= 11 is 0. The van der Waals surface area contributed by atoms with E-state index in [4.69, 9.17) is 9.26 Å². The number of hydrogen-bond acceptors (Lipinski definition) is 4. The van der Waals surface area contributed by atoms with E-state index in [1.165, 1.54) is 0 Å². The molecule has 1 aromatic heterocycles. The summed E-state index contributed by atoms with van der Waals surface area (Å²) in [5.41, 5.74) is 1.77. The van der Waals surface area contributed by atoms with Gasteiger partial charge in [0.05, 0.1) is 5.60 Å². The first kappa shape index (κ1) is 11.8. The lowest BCUT2D eigenvalue weighted by molar-refractivity contribution is 0.0192. The van der Waals surface area contributed by atoms with E-state index < -0.39 is 0 Å². The largest absolute Gasteiger partial charge is 0.374 e. The van der Waals surface area contributed by atoms with Gasteiger partial charge in [-0.25, -0.2) is 0 Å². The van der Waals surface area contributed by atoms with Gasteiger partial charge in [0.15, 0.2) is 0 Å². The van der Waals surface area contributed by atoms with Crippen LogP contribution in [0.5, 0.6) is 0 Å². The molecule has 4 heteroatoms. The lowest BCUT2D eigenvalue weighted by Crippen LogP contribution is -2.19. The normalized spacial score (nSPS) is 11.8. The van der Waals surface area contributed by atoms with E-state index in [1.54, 1.807) is 14.0 Å². The maximum absolute atomic E-state index is 5.42. The molecule has 0 aliphatic carbocycles. The van der Waals surface area contributed by atoms with Gasteiger partial charge in [-0.2, -0.15) is 4.98 Å². The Morgan fingerprint density at radius 3 is 2.29 bits per heavy atom. The van der Waals surface area contributed by atoms with Crippen molar-refractivity contribution in [2.75, 3.05) is 7.11 Å². The molecule has 2 aromatic rings. The summed E-state index contributed by atoms with van der Waals surface area (Å²) in [5.74, 6) is 1.19. The van der Waals surface area contributed by atoms with E-state index in [2.05, 4.69) is 10.1 Å². The van der Waals surface area contributed by atoms with Crippen LogP contribution in [0.25, 0.3) is 11.4 Å². The summed E-state index contributed by atoms with van der Waals surface area (Å²) in [6, 6.07) is 7.98. The van der Waals surface area contributed by atoms with E-state index >= 15 is 0 Å². The van der Waals surface area contributed by atoms with Crippen molar-refractivity contribution in [1.82, 2.24) is 10.1 Å². The minimum atomic E-state index is -0.286. The Morgan fingerprint density at radius 2 is 1.82 bits per heavy atom. The van der Waals surface area contributed by atoms with Crippen LogP contribution in [-0.2, 0) is 10.3 Å². The minimum absolute atomic E-state index is 0.286. The van der Waals surface area contributed by atoms with E-state index in [0.29, 0.717) is 11.7 Å². The van der Waals surface area contributed by atoms with Crippen molar-refractivity contribution in [3.8, 4) is 11.4 Å². The highest BCUT2D eigenvalue weighted by atomic mass is 16.5. The first-order valence-electron chi connectivity index (χ1n) is 5.49. The Labute approximate surface area is 101 Å². The molecule has 1 aromatic carbocycles. The molecule has 0 N–H and O–H groups in total. The highest BCUT2D eigenvalue weighted by Crippen LogP contribution is 2.25. The van der Waals surface area contributed by atoms with Crippen molar-refractivity contribution in [1.29, 1.82) is 0 Å². The molecule has 0 aliphatic heterocycles. The Balaban J connectivity index is 2.30. The van der Waals surface area contributed by atoms with Crippen molar-refractivity contribution in [3.05, 3.63) is 35.7 Å². The maximum atomic E-state index is 5.42.